The van der Waals surface area contributed by atoms with Gasteiger partial charge in [0.15, 0.2) is 0 Å². The number of sulfonamides is 1. The molecule has 2 saturated heterocycles. The van der Waals surface area contributed by atoms with E-state index in [-0.39, 0.29) is 11.9 Å². The molecule has 4 aliphatic rings. The van der Waals surface area contributed by atoms with Crippen LogP contribution in [0.1, 0.15) is 39.9 Å². The number of benzene rings is 2. The number of hydrogen-bond acceptors (Lipinski definition) is 8. The summed E-state index contributed by atoms with van der Waals surface area (Å²) in [6, 6.07) is 11.7. The van der Waals surface area contributed by atoms with Crippen molar-refractivity contribution in [2.45, 2.75) is 44.9 Å². The van der Waals surface area contributed by atoms with Crippen LogP contribution in [0.25, 0.3) is 11.3 Å². The molecule has 3 aromatic rings. The van der Waals surface area contributed by atoms with Gasteiger partial charge in [0.25, 0.3) is 0 Å². The van der Waals surface area contributed by atoms with Crippen LogP contribution in [0.3, 0.4) is 0 Å². The van der Waals surface area contributed by atoms with Crippen LogP contribution in [0.15, 0.2) is 36.4 Å². The van der Waals surface area contributed by atoms with Gasteiger partial charge in [-0.15, -0.1) is 0 Å². The Labute approximate surface area is 293 Å². The second-order valence-electron chi connectivity index (χ2n) is 13.2. The topological polar surface area (TPSA) is 109 Å². The van der Waals surface area contributed by atoms with Gasteiger partial charge < -0.3 is 19.7 Å². The summed E-state index contributed by atoms with van der Waals surface area (Å²) in [5.74, 6) is 6.70. The van der Waals surface area contributed by atoms with E-state index in [2.05, 4.69) is 38.9 Å². The van der Waals surface area contributed by atoms with E-state index in [4.69, 9.17) is 26.2 Å². The van der Waals surface area contributed by atoms with E-state index in [1.54, 1.807) is 0 Å². The van der Waals surface area contributed by atoms with E-state index in [9.17, 15) is 13.2 Å². The molecule has 1 amide bonds. The fourth-order valence-electron chi connectivity index (χ4n) is 7.11. The Hall–Kier alpha value is -3.28. The van der Waals surface area contributed by atoms with Crippen LogP contribution in [-0.2, 0) is 56.8 Å². The van der Waals surface area contributed by atoms with E-state index >= 15 is 0 Å². The number of nitrogens with one attached hydrogen (secondary N) is 1. The van der Waals surface area contributed by atoms with E-state index < -0.39 is 10.0 Å². The highest BCUT2D eigenvalue weighted by molar-refractivity contribution is 7.88. The van der Waals surface area contributed by atoms with E-state index in [1.807, 2.05) is 29.2 Å². The number of morpholine rings is 2. The largest absolute Gasteiger partial charge is 0.379 e. The molecule has 5 heterocycles. The highest BCUT2D eigenvalue weighted by Gasteiger charge is 2.31. The van der Waals surface area contributed by atoms with Crippen molar-refractivity contribution in [3.05, 3.63) is 74.9 Å². The molecule has 1 aromatic heterocycles. The van der Waals surface area contributed by atoms with Crippen LogP contribution in [0.4, 0.5) is 0 Å². The monoisotopic (exact) mass is 706 g/mol. The highest BCUT2D eigenvalue weighted by Crippen LogP contribution is 2.33. The van der Waals surface area contributed by atoms with E-state index in [0.29, 0.717) is 69.4 Å². The van der Waals surface area contributed by atoms with Gasteiger partial charge in [0.2, 0.25) is 15.9 Å². The maximum Gasteiger partial charge on any atom is 0.240 e. The molecule has 7 rings (SSSR count). The molecular formula is C36H43ClN6O5S. The molecule has 0 aliphatic carbocycles. The number of nitrogens with zero attached hydrogens (tertiary/aromatic N) is 5. The molecule has 0 radical (unpaired) electrons. The Morgan fingerprint density at radius 1 is 0.980 bits per heavy atom. The summed E-state index contributed by atoms with van der Waals surface area (Å²) in [5.41, 5.74) is 7.51. The molecule has 0 spiro atoms. The first-order chi connectivity index (χ1) is 23.7. The average Bonchev–Trinajstić information content (AvgIpc) is 3.49. The molecule has 260 valence electrons. The first kappa shape index (κ1) is 34.2. The minimum absolute atomic E-state index is 0.135. The average molecular weight is 707 g/mol. The van der Waals surface area contributed by atoms with Crippen LogP contribution < -0.4 is 5.32 Å². The van der Waals surface area contributed by atoms with Gasteiger partial charge in [-0.05, 0) is 48.2 Å². The van der Waals surface area contributed by atoms with Crippen LogP contribution in [-0.4, -0.2) is 116 Å². The summed E-state index contributed by atoms with van der Waals surface area (Å²) in [4.78, 5) is 17.3. The third-order valence-corrected chi connectivity index (χ3v) is 11.5. The fraction of sp³-hybridized carbons (Fsp3) is 0.500. The summed E-state index contributed by atoms with van der Waals surface area (Å²) in [7, 11) is -3.36. The van der Waals surface area contributed by atoms with Gasteiger partial charge >= 0.3 is 0 Å². The van der Waals surface area contributed by atoms with Gasteiger partial charge in [-0.25, -0.2) is 8.42 Å². The standard InChI is InChI=1S/C36H43ClN6O5S/c1-49(45,46)42-12-9-34-31(25-42)35(39-43(34)11-2-10-40-13-17-47-18-14-40)29-7-8-32(37)28(22-29)6-4-26-3-5-27-23-33(38-24-30(27)21-26)36(44)41-15-19-48-20-16-41/h3,5,7-8,21-22,33,38H,2,9-20,23-25H2,1H3/t33-/m0/s1. The van der Waals surface area contributed by atoms with Gasteiger partial charge in [-0.2, -0.15) is 9.40 Å². The number of fused-ring (bicyclic) bond motifs is 2. The maximum atomic E-state index is 13.0. The SMILES string of the molecule is CS(=O)(=O)N1CCc2c(c(-c3ccc(Cl)c(C#Cc4ccc5c(c4)CN[C@H](C(=O)N4CCOCC4)C5)c3)nn2CCCN2CCOCC2)C1. The van der Waals surface area contributed by atoms with Gasteiger partial charge in [0.1, 0.15) is 0 Å². The summed E-state index contributed by atoms with van der Waals surface area (Å²) >= 11 is 6.67. The van der Waals surface area contributed by atoms with E-state index in [1.165, 1.54) is 10.6 Å². The molecule has 1 N–H and O–H groups in total. The zero-order valence-corrected chi connectivity index (χ0v) is 29.5. The summed E-state index contributed by atoms with van der Waals surface area (Å²) in [5, 5.41) is 9.02. The molecule has 0 bridgehead atoms. The van der Waals surface area contributed by atoms with Crippen molar-refractivity contribution in [1.82, 2.24) is 29.2 Å². The van der Waals surface area contributed by atoms with Crippen LogP contribution in [0, 0.1) is 11.8 Å². The predicted octanol–water partition coefficient (Wildman–Crippen LogP) is 2.52. The Balaban J connectivity index is 1.10. The fourth-order valence-corrected chi connectivity index (χ4v) is 8.07. The lowest BCUT2D eigenvalue weighted by atomic mass is 9.93. The number of ether oxygens (including phenoxy) is 2. The maximum absolute atomic E-state index is 13.0. The molecule has 4 aliphatic heterocycles. The van der Waals surface area contributed by atoms with Crippen molar-refractivity contribution in [1.29, 1.82) is 0 Å². The van der Waals surface area contributed by atoms with Crippen molar-refractivity contribution in [2.24, 2.45) is 0 Å². The molecule has 49 heavy (non-hydrogen) atoms. The molecule has 0 saturated carbocycles. The van der Waals surface area contributed by atoms with Gasteiger partial charge in [0.05, 0.1) is 49.4 Å². The first-order valence-corrected chi connectivity index (χ1v) is 19.3. The smallest absolute Gasteiger partial charge is 0.240 e. The summed E-state index contributed by atoms with van der Waals surface area (Å²) in [6.07, 6.45) is 3.47. The van der Waals surface area contributed by atoms with Crippen molar-refractivity contribution < 1.29 is 22.7 Å². The number of rotatable bonds is 7. The lowest BCUT2D eigenvalue weighted by Gasteiger charge is -2.33. The van der Waals surface area contributed by atoms with Gasteiger partial charge in [-0.1, -0.05) is 35.6 Å². The number of halogens is 1. The second-order valence-corrected chi connectivity index (χ2v) is 15.5. The van der Waals surface area contributed by atoms with Gasteiger partial charge in [-0.3, -0.25) is 14.4 Å². The number of carbonyl (C=O) groups is 1. The highest BCUT2D eigenvalue weighted by atomic mass is 35.5. The predicted molar refractivity (Wildman–Crippen MR) is 188 cm³/mol. The summed E-state index contributed by atoms with van der Waals surface area (Å²) in [6.45, 7) is 8.95. The van der Waals surface area contributed by atoms with Crippen molar-refractivity contribution in [3.63, 3.8) is 0 Å². The van der Waals surface area contributed by atoms with Crippen molar-refractivity contribution in [2.75, 3.05) is 72.0 Å². The van der Waals surface area contributed by atoms with Crippen LogP contribution in [0.2, 0.25) is 5.02 Å². The zero-order chi connectivity index (χ0) is 34.0. The third kappa shape index (κ3) is 7.89. The minimum atomic E-state index is -3.36. The third-order valence-electron chi connectivity index (χ3n) is 9.89. The molecule has 0 unspecified atom stereocenters. The molecule has 1 atom stereocenters. The molecule has 13 heteroatoms. The van der Waals surface area contributed by atoms with Crippen LogP contribution in [0.5, 0.6) is 0 Å². The second kappa shape index (κ2) is 14.9. The molecule has 11 nitrogen and oxygen atoms in total. The molecule has 2 fully saturated rings. The lowest BCUT2D eigenvalue weighted by Crippen LogP contribution is -2.52. The Kier molecular flexibility index (Phi) is 10.4. The first-order valence-electron chi connectivity index (χ1n) is 17.1. The number of aryl methyl sites for hydroxylation is 1. The Morgan fingerprint density at radius 2 is 1.76 bits per heavy atom. The normalized spacial score (nSPS) is 20.3. The number of aromatic nitrogens is 2. The van der Waals surface area contributed by atoms with Gasteiger partial charge in [0, 0.05) is 93.3 Å². The number of hydrogen-bond donors (Lipinski definition) is 1. The molecular weight excluding hydrogens is 664 g/mol. The molecule has 2 aromatic carbocycles. The van der Waals surface area contributed by atoms with Crippen molar-refractivity contribution in [3.8, 4) is 23.1 Å². The lowest BCUT2D eigenvalue weighted by molar-refractivity contribution is -0.137. The Morgan fingerprint density at radius 3 is 2.53 bits per heavy atom. The Bertz CT molecular complexity index is 1870. The number of carbonyl (C=O) groups excluding carboxylic acids is 1. The zero-order valence-electron chi connectivity index (χ0n) is 27.9. The van der Waals surface area contributed by atoms with Crippen LogP contribution >= 0.6 is 11.6 Å². The quantitative estimate of drug-likeness (QED) is 0.374. The number of amides is 1. The van der Waals surface area contributed by atoms with Crippen molar-refractivity contribution >= 4 is 27.5 Å². The summed E-state index contributed by atoms with van der Waals surface area (Å²) < 4.78 is 39.6. The minimum Gasteiger partial charge on any atom is -0.379 e. The van der Waals surface area contributed by atoms with E-state index in [0.717, 1.165) is 85.0 Å².